The molecule has 0 unspecified atom stereocenters. The van der Waals surface area contributed by atoms with Gasteiger partial charge < -0.3 is 15.6 Å². The van der Waals surface area contributed by atoms with Crippen molar-refractivity contribution < 1.29 is 19.0 Å². The van der Waals surface area contributed by atoms with Crippen molar-refractivity contribution in [3.8, 4) is 11.5 Å². The Morgan fingerprint density at radius 2 is 1.97 bits per heavy atom. The van der Waals surface area contributed by atoms with Gasteiger partial charge in [-0.15, -0.1) is 0 Å². The summed E-state index contributed by atoms with van der Waals surface area (Å²) in [5.41, 5.74) is 6.25. The van der Waals surface area contributed by atoms with E-state index in [1.54, 1.807) is 18.3 Å². The van der Waals surface area contributed by atoms with Crippen LogP contribution < -0.4 is 16.0 Å². The number of ether oxygens (including phenoxy) is 1. The van der Waals surface area contributed by atoms with Gasteiger partial charge in [0.25, 0.3) is 11.5 Å². The first-order valence-electron chi connectivity index (χ1n) is 10.6. The Kier molecular flexibility index (Phi) is 5.05. The Bertz CT molecular complexity index is 1270. The fraction of sp³-hybridized carbons (Fsp3) is 0.348. The fourth-order valence-corrected chi connectivity index (χ4v) is 4.63. The zero-order chi connectivity index (χ0) is 22.4. The highest BCUT2D eigenvalue weighted by Crippen LogP contribution is 2.37. The van der Waals surface area contributed by atoms with Crippen molar-refractivity contribution in [3.63, 3.8) is 0 Å². The predicted molar refractivity (Wildman–Crippen MR) is 115 cm³/mol. The molecular weight excluding hydrogens is 415 g/mol. The van der Waals surface area contributed by atoms with Crippen LogP contribution in [-0.4, -0.2) is 51.2 Å². The third kappa shape index (κ3) is 3.48. The highest BCUT2D eigenvalue weighted by atomic mass is 19.1. The van der Waals surface area contributed by atoms with Gasteiger partial charge in [-0.25, -0.2) is 4.39 Å². The Hall–Kier alpha value is -3.46. The molecule has 166 valence electrons. The van der Waals surface area contributed by atoms with E-state index in [4.69, 9.17) is 10.5 Å². The van der Waals surface area contributed by atoms with Crippen LogP contribution >= 0.6 is 0 Å². The molecule has 1 atom stereocenters. The lowest BCUT2D eigenvalue weighted by Gasteiger charge is -2.32. The molecule has 5 rings (SSSR count). The minimum absolute atomic E-state index is 0.0934. The Labute approximate surface area is 183 Å². The number of carbonyl (C=O) groups is 1. The summed E-state index contributed by atoms with van der Waals surface area (Å²) in [4.78, 5) is 31.6. The summed E-state index contributed by atoms with van der Waals surface area (Å²) >= 11 is 0. The number of nitrogens with two attached hydrogens (primary N) is 1. The van der Waals surface area contributed by atoms with Crippen LogP contribution in [0.15, 0.2) is 35.3 Å². The van der Waals surface area contributed by atoms with Gasteiger partial charge in [-0.1, -0.05) is 12.1 Å². The average molecular weight is 438 g/mol. The molecule has 3 N–H and O–H groups in total. The molecule has 1 aromatic carbocycles. The summed E-state index contributed by atoms with van der Waals surface area (Å²) in [6.45, 7) is 2.80. The molecule has 4 heterocycles. The Morgan fingerprint density at radius 1 is 1.25 bits per heavy atom. The van der Waals surface area contributed by atoms with Gasteiger partial charge in [-0.05, 0) is 43.6 Å². The van der Waals surface area contributed by atoms with Crippen molar-refractivity contribution in [1.82, 2.24) is 14.5 Å². The standard InChI is InChI=1S/C23H23FN4O4/c24-15-5-3-13(4-6-15)9-14-10-26-18-19-21(14)32-16(11-27-7-1-2-8-27)12-28(19)23(31)17(20(18)29)22(25)30/h3-6,10,16,29H,1-2,7-9,11-12H2,(H2,25,30)/t16-/m0/s1. The van der Waals surface area contributed by atoms with E-state index in [0.717, 1.165) is 31.5 Å². The second-order valence-corrected chi connectivity index (χ2v) is 8.36. The molecule has 0 spiro atoms. The summed E-state index contributed by atoms with van der Waals surface area (Å²) in [5, 5.41) is 10.6. The zero-order valence-corrected chi connectivity index (χ0v) is 17.4. The van der Waals surface area contributed by atoms with E-state index in [9.17, 15) is 19.1 Å². The Morgan fingerprint density at radius 3 is 2.66 bits per heavy atom. The molecule has 2 aromatic heterocycles. The summed E-state index contributed by atoms with van der Waals surface area (Å²) in [7, 11) is 0. The van der Waals surface area contributed by atoms with Gasteiger partial charge in [0.2, 0.25) is 0 Å². The van der Waals surface area contributed by atoms with Crippen molar-refractivity contribution in [3.05, 3.63) is 63.3 Å². The SMILES string of the molecule is NC(=O)c1c(O)c2ncc(Cc3ccc(F)cc3)c3c2n(c1=O)C[C@H](CN1CCCC1)O3. The van der Waals surface area contributed by atoms with Crippen LogP contribution in [0.5, 0.6) is 11.5 Å². The molecule has 32 heavy (non-hydrogen) atoms. The molecular formula is C23H23FN4O4. The first kappa shape index (κ1) is 20.4. The third-order valence-electron chi connectivity index (χ3n) is 6.16. The van der Waals surface area contributed by atoms with Crippen LogP contribution in [0.2, 0.25) is 0 Å². The molecule has 1 saturated heterocycles. The van der Waals surface area contributed by atoms with Gasteiger partial charge in [0.1, 0.15) is 28.5 Å². The van der Waals surface area contributed by atoms with Crippen LogP contribution in [0.1, 0.15) is 34.3 Å². The maximum absolute atomic E-state index is 13.3. The van der Waals surface area contributed by atoms with E-state index in [1.807, 2.05) is 0 Å². The van der Waals surface area contributed by atoms with Crippen molar-refractivity contribution in [2.75, 3.05) is 19.6 Å². The number of rotatable bonds is 5. The number of nitrogens with zero attached hydrogens (tertiary/aromatic N) is 3. The number of hydrogen-bond acceptors (Lipinski definition) is 6. The minimum Gasteiger partial charge on any atom is -0.505 e. The van der Waals surface area contributed by atoms with Crippen LogP contribution in [-0.2, 0) is 13.0 Å². The smallest absolute Gasteiger partial charge is 0.268 e. The van der Waals surface area contributed by atoms with Crippen LogP contribution in [0.25, 0.3) is 11.0 Å². The van der Waals surface area contributed by atoms with Crippen molar-refractivity contribution in [1.29, 1.82) is 0 Å². The molecule has 0 radical (unpaired) electrons. The van der Waals surface area contributed by atoms with Crippen molar-refractivity contribution in [2.45, 2.75) is 31.9 Å². The molecule has 3 aromatic rings. The number of primary amides is 1. The predicted octanol–water partition coefficient (Wildman–Crippen LogP) is 1.79. The van der Waals surface area contributed by atoms with E-state index in [-0.39, 0.29) is 24.0 Å². The number of pyridine rings is 2. The van der Waals surface area contributed by atoms with Crippen LogP contribution in [0.4, 0.5) is 4.39 Å². The average Bonchev–Trinajstić information content (AvgIpc) is 3.27. The number of hydrogen-bond donors (Lipinski definition) is 2. The van der Waals surface area contributed by atoms with Crippen molar-refractivity contribution >= 4 is 16.9 Å². The number of amides is 1. The zero-order valence-electron chi connectivity index (χ0n) is 17.4. The van der Waals surface area contributed by atoms with Gasteiger partial charge in [-0.3, -0.25) is 24.0 Å². The highest BCUT2D eigenvalue weighted by molar-refractivity contribution is 6.01. The van der Waals surface area contributed by atoms with E-state index < -0.39 is 22.8 Å². The van der Waals surface area contributed by atoms with Gasteiger partial charge in [0, 0.05) is 24.7 Å². The number of likely N-dealkylation sites (tertiary alicyclic amines) is 1. The molecule has 1 amide bonds. The summed E-state index contributed by atoms with van der Waals surface area (Å²) < 4.78 is 21.1. The maximum atomic E-state index is 13.3. The van der Waals surface area contributed by atoms with E-state index in [1.165, 1.54) is 16.7 Å². The Balaban J connectivity index is 1.65. The lowest BCUT2D eigenvalue weighted by atomic mass is 10.0. The second-order valence-electron chi connectivity index (χ2n) is 8.36. The number of benzene rings is 1. The lowest BCUT2D eigenvalue weighted by Crippen LogP contribution is -2.43. The minimum atomic E-state index is -1.00. The van der Waals surface area contributed by atoms with Crippen LogP contribution in [0.3, 0.4) is 0 Å². The molecule has 8 nitrogen and oxygen atoms in total. The number of aromatic hydroxyl groups is 1. The molecule has 2 aliphatic heterocycles. The van der Waals surface area contributed by atoms with Gasteiger partial charge in [-0.2, -0.15) is 0 Å². The van der Waals surface area contributed by atoms with Gasteiger partial charge >= 0.3 is 0 Å². The van der Waals surface area contributed by atoms with Gasteiger partial charge in [0.05, 0.1) is 6.54 Å². The monoisotopic (exact) mass is 438 g/mol. The van der Waals surface area contributed by atoms with Gasteiger partial charge in [0.15, 0.2) is 11.5 Å². The number of aromatic nitrogens is 2. The molecule has 0 bridgehead atoms. The fourth-order valence-electron chi connectivity index (χ4n) is 4.63. The first-order valence-corrected chi connectivity index (χ1v) is 10.6. The quantitative estimate of drug-likeness (QED) is 0.628. The molecule has 2 aliphatic rings. The maximum Gasteiger partial charge on any atom is 0.268 e. The van der Waals surface area contributed by atoms with E-state index >= 15 is 0 Å². The molecule has 9 heteroatoms. The second kappa shape index (κ2) is 7.90. The molecule has 0 aliphatic carbocycles. The summed E-state index contributed by atoms with van der Waals surface area (Å²) in [5.74, 6) is -1.42. The molecule has 0 saturated carbocycles. The highest BCUT2D eigenvalue weighted by Gasteiger charge is 2.32. The largest absolute Gasteiger partial charge is 0.505 e. The number of halogens is 1. The van der Waals surface area contributed by atoms with E-state index in [0.29, 0.717) is 29.8 Å². The first-order chi connectivity index (χ1) is 15.4. The summed E-state index contributed by atoms with van der Waals surface area (Å²) in [6.07, 6.45) is 3.89. The van der Waals surface area contributed by atoms with Crippen LogP contribution in [0, 0.1) is 5.82 Å². The number of carbonyl (C=O) groups excluding carboxylic acids is 1. The lowest BCUT2D eigenvalue weighted by molar-refractivity contribution is 0.0992. The van der Waals surface area contributed by atoms with E-state index in [2.05, 4.69) is 9.88 Å². The normalized spacial score (nSPS) is 18.1. The topological polar surface area (TPSA) is 111 Å². The molecule has 1 fully saturated rings. The third-order valence-corrected chi connectivity index (χ3v) is 6.16. The van der Waals surface area contributed by atoms with Crippen molar-refractivity contribution in [2.24, 2.45) is 5.73 Å². The summed E-state index contributed by atoms with van der Waals surface area (Å²) in [6, 6.07) is 6.12.